The molecule has 2 aliphatic heterocycles. The molecule has 0 aromatic heterocycles. The van der Waals surface area contributed by atoms with Crippen LogP contribution < -0.4 is 0 Å². The molecule has 0 bridgehead atoms. The van der Waals surface area contributed by atoms with E-state index >= 15 is 0 Å². The third kappa shape index (κ3) is 4.86. The van der Waals surface area contributed by atoms with E-state index in [2.05, 4.69) is 0 Å². The molecule has 8 heteroatoms. The monoisotopic (exact) mass is 398 g/mol. The maximum absolute atomic E-state index is 13.6. The molecule has 2 fully saturated rings. The Morgan fingerprint density at radius 3 is 2.74 bits per heavy atom. The van der Waals surface area contributed by atoms with E-state index in [4.69, 9.17) is 4.74 Å². The van der Waals surface area contributed by atoms with Gasteiger partial charge in [-0.05, 0) is 49.8 Å². The lowest BCUT2D eigenvalue weighted by molar-refractivity contribution is -0.135. The number of rotatable bonds is 5. The van der Waals surface area contributed by atoms with Crippen LogP contribution in [0.5, 0.6) is 0 Å². The second kappa shape index (κ2) is 8.67. The Bertz CT molecular complexity index is 778. The summed E-state index contributed by atoms with van der Waals surface area (Å²) in [5.41, 5.74) is 0.543. The van der Waals surface area contributed by atoms with Crippen LogP contribution in [-0.2, 0) is 19.6 Å². The number of aryl methyl sites for hydroxylation is 1. The van der Waals surface area contributed by atoms with Gasteiger partial charge >= 0.3 is 0 Å². The van der Waals surface area contributed by atoms with Crippen LogP contribution in [0.4, 0.5) is 4.39 Å². The predicted molar refractivity (Wildman–Crippen MR) is 99.3 cm³/mol. The van der Waals surface area contributed by atoms with Crippen molar-refractivity contribution >= 4 is 15.9 Å². The third-order valence-corrected chi connectivity index (χ3v) is 7.39. The molecule has 1 unspecified atom stereocenters. The van der Waals surface area contributed by atoms with Gasteiger partial charge in [0, 0.05) is 32.6 Å². The number of sulfonamides is 1. The number of carbonyl (C=O) groups is 1. The van der Waals surface area contributed by atoms with Crippen LogP contribution in [0.2, 0.25) is 0 Å². The topological polar surface area (TPSA) is 66.9 Å². The molecular weight excluding hydrogens is 371 g/mol. The zero-order valence-electron chi connectivity index (χ0n) is 15.7. The van der Waals surface area contributed by atoms with E-state index < -0.39 is 15.8 Å². The van der Waals surface area contributed by atoms with Gasteiger partial charge in [-0.1, -0.05) is 6.07 Å². The number of morpholine rings is 1. The summed E-state index contributed by atoms with van der Waals surface area (Å²) in [6.45, 7) is 4.91. The molecule has 0 spiro atoms. The lowest BCUT2D eigenvalue weighted by atomic mass is 9.94. The molecule has 27 heavy (non-hydrogen) atoms. The van der Waals surface area contributed by atoms with E-state index in [1.807, 2.05) is 4.90 Å². The van der Waals surface area contributed by atoms with Crippen LogP contribution in [-0.4, -0.2) is 62.9 Å². The fraction of sp³-hybridized carbons (Fsp3) is 0.632. The first-order chi connectivity index (χ1) is 12.9. The Hall–Kier alpha value is -1.51. The van der Waals surface area contributed by atoms with Gasteiger partial charge in [-0.25, -0.2) is 12.8 Å². The van der Waals surface area contributed by atoms with Gasteiger partial charge in [0.1, 0.15) is 5.82 Å². The minimum atomic E-state index is -3.73. The van der Waals surface area contributed by atoms with Crippen molar-refractivity contribution in [2.24, 2.45) is 5.92 Å². The predicted octanol–water partition coefficient (Wildman–Crippen LogP) is 2.17. The Morgan fingerprint density at radius 2 is 2.00 bits per heavy atom. The van der Waals surface area contributed by atoms with Crippen LogP contribution in [0.15, 0.2) is 23.1 Å². The number of benzene rings is 1. The molecule has 0 saturated carbocycles. The molecule has 1 aromatic carbocycles. The summed E-state index contributed by atoms with van der Waals surface area (Å²) in [5.74, 6) is -0.296. The highest BCUT2D eigenvalue weighted by Gasteiger charge is 2.32. The average Bonchev–Trinajstić information content (AvgIpc) is 2.68. The molecule has 2 aliphatic rings. The molecule has 0 N–H and O–H groups in total. The molecule has 0 aliphatic carbocycles. The fourth-order valence-electron chi connectivity index (χ4n) is 3.77. The number of hydrogen-bond acceptors (Lipinski definition) is 4. The molecule has 6 nitrogen and oxygen atoms in total. The third-order valence-electron chi connectivity index (χ3n) is 5.38. The lowest BCUT2D eigenvalue weighted by Gasteiger charge is -2.33. The van der Waals surface area contributed by atoms with Crippen molar-refractivity contribution in [1.82, 2.24) is 9.21 Å². The number of nitrogens with zero attached hydrogens (tertiary/aromatic N) is 2. The smallest absolute Gasteiger partial charge is 0.243 e. The Kier molecular flexibility index (Phi) is 6.49. The largest absolute Gasteiger partial charge is 0.378 e. The summed E-state index contributed by atoms with van der Waals surface area (Å²) in [7, 11) is -3.73. The van der Waals surface area contributed by atoms with Crippen LogP contribution >= 0.6 is 0 Å². The molecule has 1 amide bonds. The summed E-state index contributed by atoms with van der Waals surface area (Å²) in [6, 6.07) is 3.85. The second-order valence-corrected chi connectivity index (χ2v) is 9.22. The van der Waals surface area contributed by atoms with E-state index in [0.717, 1.165) is 18.9 Å². The van der Waals surface area contributed by atoms with E-state index in [9.17, 15) is 17.6 Å². The molecule has 0 radical (unpaired) electrons. The van der Waals surface area contributed by atoms with E-state index in [1.54, 1.807) is 6.92 Å². The summed E-state index contributed by atoms with van der Waals surface area (Å²) < 4.78 is 46.2. The molecule has 3 rings (SSSR count). The number of carbonyl (C=O) groups excluding carboxylic acids is 1. The highest BCUT2D eigenvalue weighted by atomic mass is 32.2. The molecule has 1 atom stereocenters. The first kappa shape index (κ1) is 20.2. The van der Waals surface area contributed by atoms with Crippen molar-refractivity contribution in [3.05, 3.63) is 29.6 Å². The van der Waals surface area contributed by atoms with Crippen molar-refractivity contribution < 1.29 is 22.3 Å². The van der Waals surface area contributed by atoms with Gasteiger partial charge in [0.05, 0.1) is 18.1 Å². The minimum Gasteiger partial charge on any atom is -0.378 e. The van der Waals surface area contributed by atoms with E-state index in [-0.39, 0.29) is 16.7 Å². The van der Waals surface area contributed by atoms with Crippen molar-refractivity contribution in [1.29, 1.82) is 0 Å². The molecule has 2 heterocycles. The van der Waals surface area contributed by atoms with Gasteiger partial charge < -0.3 is 9.64 Å². The van der Waals surface area contributed by atoms with E-state index in [0.29, 0.717) is 57.8 Å². The van der Waals surface area contributed by atoms with Crippen LogP contribution in [0.1, 0.15) is 31.2 Å². The average molecular weight is 399 g/mol. The Morgan fingerprint density at radius 1 is 1.26 bits per heavy atom. The molecule has 1 aromatic rings. The van der Waals surface area contributed by atoms with Gasteiger partial charge in [-0.2, -0.15) is 4.31 Å². The van der Waals surface area contributed by atoms with Gasteiger partial charge in [0.25, 0.3) is 0 Å². The number of piperidine rings is 1. The molecular formula is C19H27FN2O4S. The van der Waals surface area contributed by atoms with Crippen molar-refractivity contribution in [3.8, 4) is 0 Å². The summed E-state index contributed by atoms with van der Waals surface area (Å²) in [5, 5.41) is 0. The van der Waals surface area contributed by atoms with Gasteiger partial charge in [-0.15, -0.1) is 0 Å². The fourth-order valence-corrected chi connectivity index (χ4v) is 5.56. The Balaban J connectivity index is 1.61. The Labute approximate surface area is 160 Å². The van der Waals surface area contributed by atoms with Crippen LogP contribution in [0.25, 0.3) is 0 Å². The van der Waals surface area contributed by atoms with Gasteiger partial charge in [0.15, 0.2) is 0 Å². The normalized spacial score (nSPS) is 22.0. The molecule has 150 valence electrons. The standard InChI is InChI=1S/C19H27FN2O4S/c1-15-4-6-17(20)13-18(15)27(24,25)22-8-2-3-16(14-22)5-7-19(23)21-9-11-26-12-10-21/h4,6,13,16H,2-3,5,7-12,14H2,1H3. The second-order valence-electron chi connectivity index (χ2n) is 7.31. The molecule has 2 saturated heterocycles. The summed E-state index contributed by atoms with van der Waals surface area (Å²) >= 11 is 0. The quantitative estimate of drug-likeness (QED) is 0.763. The van der Waals surface area contributed by atoms with Crippen molar-refractivity contribution in [2.75, 3.05) is 39.4 Å². The number of halogens is 1. The number of ether oxygens (including phenoxy) is 1. The van der Waals surface area contributed by atoms with Gasteiger partial charge in [0.2, 0.25) is 15.9 Å². The van der Waals surface area contributed by atoms with E-state index in [1.165, 1.54) is 16.4 Å². The first-order valence-corrected chi connectivity index (χ1v) is 10.9. The van der Waals surface area contributed by atoms with Crippen LogP contribution in [0.3, 0.4) is 0 Å². The highest BCUT2D eigenvalue weighted by molar-refractivity contribution is 7.89. The number of amides is 1. The minimum absolute atomic E-state index is 0.0348. The zero-order valence-corrected chi connectivity index (χ0v) is 16.5. The highest BCUT2D eigenvalue weighted by Crippen LogP contribution is 2.28. The van der Waals surface area contributed by atoms with Crippen LogP contribution in [0, 0.1) is 18.7 Å². The first-order valence-electron chi connectivity index (χ1n) is 9.50. The maximum Gasteiger partial charge on any atom is 0.243 e. The van der Waals surface area contributed by atoms with Crippen molar-refractivity contribution in [2.45, 2.75) is 37.5 Å². The maximum atomic E-state index is 13.6. The summed E-state index contributed by atoms with van der Waals surface area (Å²) in [4.78, 5) is 14.2. The summed E-state index contributed by atoms with van der Waals surface area (Å²) in [6.07, 6.45) is 2.76. The zero-order chi connectivity index (χ0) is 19.4. The van der Waals surface area contributed by atoms with Gasteiger partial charge in [-0.3, -0.25) is 4.79 Å². The SMILES string of the molecule is Cc1ccc(F)cc1S(=O)(=O)N1CCCC(CCC(=O)N2CCOCC2)C1. The van der Waals surface area contributed by atoms with Crippen molar-refractivity contribution in [3.63, 3.8) is 0 Å². The lowest BCUT2D eigenvalue weighted by Crippen LogP contribution is -2.42. The number of hydrogen-bond donors (Lipinski definition) is 0.